The molecule has 4 rings (SSSR count). The Bertz CT molecular complexity index is 845. The number of hydrazone groups is 1. The molecule has 0 radical (unpaired) electrons. The standard InChI is InChI=1S/C19H19ClN4/c20-16-5-7-17(8-6-16)23-9-11-24(12-10-23)22-14-15-13-21-19-4-2-1-3-18(15)19/h1-8,13-14,21H,9-12H2/b22-14-. The Labute approximate surface area is 146 Å². The second-order valence-corrected chi connectivity index (χ2v) is 6.39. The minimum atomic E-state index is 0.778. The molecule has 1 N–H and O–H groups in total. The normalized spacial score (nSPS) is 15.5. The molecular weight excluding hydrogens is 320 g/mol. The third-order valence-electron chi connectivity index (χ3n) is 4.43. The summed E-state index contributed by atoms with van der Waals surface area (Å²) < 4.78 is 0. The number of aromatic amines is 1. The summed E-state index contributed by atoms with van der Waals surface area (Å²) in [6.45, 7) is 3.77. The fourth-order valence-corrected chi connectivity index (χ4v) is 3.19. The van der Waals surface area contributed by atoms with Crippen molar-refractivity contribution in [1.82, 2.24) is 9.99 Å². The van der Waals surface area contributed by atoms with Crippen molar-refractivity contribution in [3.8, 4) is 0 Å². The molecule has 1 fully saturated rings. The van der Waals surface area contributed by atoms with E-state index in [1.807, 2.05) is 30.6 Å². The molecule has 0 atom stereocenters. The van der Waals surface area contributed by atoms with Crippen LogP contribution in [0, 0.1) is 0 Å². The van der Waals surface area contributed by atoms with Gasteiger partial charge in [-0.05, 0) is 30.3 Å². The van der Waals surface area contributed by atoms with E-state index < -0.39 is 0 Å². The van der Waals surface area contributed by atoms with Crippen LogP contribution in [0.15, 0.2) is 59.8 Å². The van der Waals surface area contributed by atoms with Crippen molar-refractivity contribution in [2.75, 3.05) is 31.1 Å². The van der Waals surface area contributed by atoms with Gasteiger partial charge in [0.05, 0.1) is 19.3 Å². The van der Waals surface area contributed by atoms with Gasteiger partial charge >= 0.3 is 0 Å². The highest BCUT2D eigenvalue weighted by molar-refractivity contribution is 6.30. The predicted molar refractivity (Wildman–Crippen MR) is 101 cm³/mol. The van der Waals surface area contributed by atoms with Crippen molar-refractivity contribution in [3.05, 3.63) is 65.3 Å². The quantitative estimate of drug-likeness (QED) is 0.733. The lowest BCUT2D eigenvalue weighted by Crippen LogP contribution is -2.44. The molecule has 0 bridgehead atoms. The Morgan fingerprint density at radius 1 is 0.958 bits per heavy atom. The molecule has 1 aromatic heterocycles. The van der Waals surface area contributed by atoms with Gasteiger partial charge in [-0.1, -0.05) is 29.8 Å². The second-order valence-electron chi connectivity index (χ2n) is 5.95. The maximum absolute atomic E-state index is 5.96. The van der Waals surface area contributed by atoms with Gasteiger partial charge in [0.2, 0.25) is 0 Å². The van der Waals surface area contributed by atoms with E-state index in [4.69, 9.17) is 11.6 Å². The molecular formula is C19H19ClN4. The van der Waals surface area contributed by atoms with E-state index in [2.05, 4.69) is 50.3 Å². The number of nitrogens with zero attached hydrogens (tertiary/aromatic N) is 3. The lowest BCUT2D eigenvalue weighted by molar-refractivity contribution is 0.272. The van der Waals surface area contributed by atoms with E-state index in [1.54, 1.807) is 0 Å². The minimum absolute atomic E-state index is 0.778. The number of piperazine rings is 1. The molecule has 0 aliphatic carbocycles. The Hall–Kier alpha value is -2.46. The highest BCUT2D eigenvalue weighted by atomic mass is 35.5. The molecule has 122 valence electrons. The number of aromatic nitrogens is 1. The summed E-state index contributed by atoms with van der Waals surface area (Å²) in [6, 6.07) is 16.3. The van der Waals surface area contributed by atoms with E-state index in [9.17, 15) is 0 Å². The molecule has 1 aliphatic rings. The first-order valence-electron chi connectivity index (χ1n) is 8.15. The average Bonchev–Trinajstić information content (AvgIpc) is 3.04. The van der Waals surface area contributed by atoms with Crippen molar-refractivity contribution in [2.24, 2.45) is 5.10 Å². The first kappa shape index (κ1) is 15.1. The largest absolute Gasteiger partial charge is 0.368 e. The first-order chi connectivity index (χ1) is 11.8. The van der Waals surface area contributed by atoms with Crippen molar-refractivity contribution in [1.29, 1.82) is 0 Å². The number of nitrogens with one attached hydrogen (secondary N) is 1. The van der Waals surface area contributed by atoms with Gasteiger partial charge in [0.15, 0.2) is 0 Å². The lowest BCUT2D eigenvalue weighted by atomic mass is 10.2. The van der Waals surface area contributed by atoms with Crippen LogP contribution in [-0.2, 0) is 0 Å². The second kappa shape index (κ2) is 6.57. The Morgan fingerprint density at radius 3 is 2.50 bits per heavy atom. The molecule has 1 aliphatic heterocycles. The third-order valence-corrected chi connectivity index (χ3v) is 4.68. The van der Waals surface area contributed by atoms with E-state index in [0.29, 0.717) is 0 Å². The number of fused-ring (bicyclic) bond motifs is 1. The maximum atomic E-state index is 5.96. The van der Waals surface area contributed by atoms with E-state index in [-0.39, 0.29) is 0 Å². The Kier molecular flexibility index (Phi) is 4.13. The summed E-state index contributed by atoms with van der Waals surface area (Å²) in [5.41, 5.74) is 3.50. The van der Waals surface area contributed by atoms with Crippen molar-refractivity contribution >= 4 is 34.4 Å². The zero-order valence-electron chi connectivity index (χ0n) is 13.3. The van der Waals surface area contributed by atoms with Crippen LogP contribution in [0.5, 0.6) is 0 Å². The number of rotatable bonds is 3. The summed E-state index contributed by atoms with van der Waals surface area (Å²) in [5, 5.41) is 8.78. The average molecular weight is 339 g/mol. The van der Waals surface area contributed by atoms with Gasteiger partial charge in [-0.2, -0.15) is 5.10 Å². The summed E-state index contributed by atoms with van der Waals surface area (Å²) in [5.74, 6) is 0. The molecule has 0 saturated carbocycles. The summed E-state index contributed by atoms with van der Waals surface area (Å²) in [4.78, 5) is 5.65. The van der Waals surface area contributed by atoms with Crippen molar-refractivity contribution in [3.63, 3.8) is 0 Å². The van der Waals surface area contributed by atoms with Crippen LogP contribution in [0.1, 0.15) is 5.56 Å². The van der Waals surface area contributed by atoms with Gasteiger partial charge in [0.1, 0.15) is 0 Å². The van der Waals surface area contributed by atoms with Crippen LogP contribution in [0.2, 0.25) is 5.02 Å². The zero-order valence-corrected chi connectivity index (χ0v) is 14.1. The highest BCUT2D eigenvalue weighted by Crippen LogP contribution is 2.20. The van der Waals surface area contributed by atoms with Crippen molar-refractivity contribution < 1.29 is 0 Å². The van der Waals surface area contributed by atoms with E-state index in [1.165, 1.54) is 11.1 Å². The minimum Gasteiger partial charge on any atom is -0.368 e. The highest BCUT2D eigenvalue weighted by Gasteiger charge is 2.15. The molecule has 0 spiro atoms. The van der Waals surface area contributed by atoms with Crippen LogP contribution in [-0.4, -0.2) is 42.4 Å². The van der Waals surface area contributed by atoms with Crippen LogP contribution in [0.4, 0.5) is 5.69 Å². The zero-order chi connectivity index (χ0) is 16.4. The van der Waals surface area contributed by atoms with Crippen LogP contribution >= 0.6 is 11.6 Å². The monoisotopic (exact) mass is 338 g/mol. The fourth-order valence-electron chi connectivity index (χ4n) is 3.07. The van der Waals surface area contributed by atoms with Gasteiger partial charge in [-0.25, -0.2) is 0 Å². The molecule has 2 aromatic carbocycles. The smallest absolute Gasteiger partial charge is 0.0564 e. The number of benzene rings is 2. The Balaban J connectivity index is 1.40. The molecule has 24 heavy (non-hydrogen) atoms. The molecule has 0 unspecified atom stereocenters. The van der Waals surface area contributed by atoms with E-state index in [0.717, 1.165) is 42.3 Å². The molecule has 4 nitrogen and oxygen atoms in total. The van der Waals surface area contributed by atoms with E-state index >= 15 is 0 Å². The van der Waals surface area contributed by atoms with Gasteiger partial charge in [-0.15, -0.1) is 0 Å². The predicted octanol–water partition coefficient (Wildman–Crippen LogP) is 3.98. The number of hydrogen-bond donors (Lipinski definition) is 1. The SMILES string of the molecule is Clc1ccc(N2CCN(/N=C\c3c[nH]c4ccccc34)CC2)cc1. The van der Waals surface area contributed by atoms with Gasteiger partial charge in [0, 0.05) is 46.5 Å². The van der Waals surface area contributed by atoms with Crippen LogP contribution in [0.3, 0.4) is 0 Å². The van der Waals surface area contributed by atoms with Gasteiger partial charge in [0.25, 0.3) is 0 Å². The molecule has 1 saturated heterocycles. The molecule has 0 amide bonds. The first-order valence-corrected chi connectivity index (χ1v) is 8.53. The number of hydrogen-bond acceptors (Lipinski definition) is 3. The molecule has 5 heteroatoms. The van der Waals surface area contributed by atoms with Crippen LogP contribution < -0.4 is 4.90 Å². The summed E-state index contributed by atoms with van der Waals surface area (Å²) in [6.07, 6.45) is 3.97. The Morgan fingerprint density at radius 2 is 1.71 bits per heavy atom. The number of anilines is 1. The van der Waals surface area contributed by atoms with Gasteiger partial charge in [-0.3, -0.25) is 5.01 Å². The van der Waals surface area contributed by atoms with Crippen molar-refractivity contribution in [2.45, 2.75) is 0 Å². The third kappa shape index (κ3) is 3.10. The summed E-state index contributed by atoms with van der Waals surface area (Å²) >= 11 is 5.96. The van der Waals surface area contributed by atoms with Gasteiger partial charge < -0.3 is 9.88 Å². The van der Waals surface area contributed by atoms with Crippen LogP contribution in [0.25, 0.3) is 10.9 Å². The number of para-hydroxylation sites is 1. The number of halogens is 1. The fraction of sp³-hybridized carbons (Fsp3) is 0.211. The maximum Gasteiger partial charge on any atom is 0.0564 e. The summed E-state index contributed by atoms with van der Waals surface area (Å²) in [7, 11) is 0. The number of H-pyrrole nitrogens is 1. The molecule has 3 aromatic rings. The topological polar surface area (TPSA) is 34.6 Å². The lowest BCUT2D eigenvalue weighted by Gasteiger charge is -2.34. The molecule has 2 heterocycles.